The molecule has 2 aromatic carbocycles. The van der Waals surface area contributed by atoms with Crippen molar-refractivity contribution in [3.63, 3.8) is 0 Å². The van der Waals surface area contributed by atoms with Crippen molar-refractivity contribution in [1.29, 1.82) is 0 Å². The fraction of sp³-hybridized carbons (Fsp3) is 0.0909. The number of aromatic nitrogens is 1. The molecule has 0 atom stereocenters. The molecule has 0 radical (unpaired) electrons. The van der Waals surface area contributed by atoms with Crippen LogP contribution in [0.25, 0.3) is 11.1 Å². The van der Waals surface area contributed by atoms with Gasteiger partial charge in [0.2, 0.25) is 5.91 Å². The van der Waals surface area contributed by atoms with Gasteiger partial charge in [0.15, 0.2) is 5.78 Å². The lowest BCUT2D eigenvalue weighted by Crippen LogP contribution is -2.18. The number of hydrogen-bond donors (Lipinski definition) is 3. The van der Waals surface area contributed by atoms with Gasteiger partial charge in [-0.3, -0.25) is 19.9 Å². The highest BCUT2D eigenvalue weighted by molar-refractivity contribution is 6.32. The monoisotopic (exact) mass is 423 g/mol. The number of aryl methyl sites for hydroxylation is 1. The summed E-state index contributed by atoms with van der Waals surface area (Å²) in [5, 5.41) is 14.1. The second kappa shape index (κ2) is 9.19. The Morgan fingerprint density at radius 2 is 1.67 bits per heavy atom. The number of nitrogens with one attached hydrogen (secondary N) is 2. The number of ketones is 1. The Labute approximate surface area is 177 Å². The van der Waals surface area contributed by atoms with Crippen LogP contribution in [0.1, 0.15) is 22.3 Å². The Morgan fingerprint density at radius 3 is 2.37 bits per heavy atom. The fourth-order valence-corrected chi connectivity index (χ4v) is 3.03. The molecule has 3 rings (SSSR count). The van der Waals surface area contributed by atoms with E-state index in [1.807, 2.05) is 18.2 Å². The third-order valence-corrected chi connectivity index (χ3v) is 4.74. The van der Waals surface area contributed by atoms with Crippen molar-refractivity contribution in [3.8, 4) is 11.1 Å². The highest BCUT2D eigenvalue weighted by Gasteiger charge is 2.16. The predicted octanol–water partition coefficient (Wildman–Crippen LogP) is 5.01. The molecule has 3 N–H and O–H groups in total. The number of benzene rings is 2. The van der Waals surface area contributed by atoms with Crippen molar-refractivity contribution in [2.45, 2.75) is 13.3 Å². The molecule has 1 aromatic heterocycles. The lowest BCUT2D eigenvalue weighted by atomic mass is 10.0. The van der Waals surface area contributed by atoms with Gasteiger partial charge in [0.05, 0.1) is 17.8 Å². The van der Waals surface area contributed by atoms with Crippen LogP contribution in [0.2, 0.25) is 5.02 Å². The Balaban J connectivity index is 1.75. The topological polar surface area (TPSA) is 108 Å². The highest BCUT2D eigenvalue weighted by Crippen LogP contribution is 2.29. The standard InChI is InChI=1S/C22H18ClN3O4/c1-13-9-18(26-22(29)30)19(11-17(13)23)25-21(28)12-20(27)16-4-2-3-15(10-16)14-5-7-24-8-6-14/h2-11,26H,12H2,1H3,(H,25,28)(H,29,30). The molecule has 3 aromatic rings. The first kappa shape index (κ1) is 21.0. The maximum absolute atomic E-state index is 12.6. The van der Waals surface area contributed by atoms with Gasteiger partial charge < -0.3 is 10.4 Å². The first-order valence-corrected chi connectivity index (χ1v) is 9.35. The summed E-state index contributed by atoms with van der Waals surface area (Å²) in [5.41, 5.74) is 3.12. The zero-order valence-electron chi connectivity index (χ0n) is 16.0. The summed E-state index contributed by atoms with van der Waals surface area (Å²) in [6, 6.07) is 13.6. The van der Waals surface area contributed by atoms with E-state index in [1.165, 1.54) is 12.1 Å². The largest absolute Gasteiger partial charge is 0.465 e. The quantitative estimate of drug-likeness (QED) is 0.381. The normalized spacial score (nSPS) is 10.3. The Bertz CT molecular complexity index is 1120. The number of carbonyl (C=O) groups excluding carboxylic acids is 2. The van der Waals surface area contributed by atoms with Crippen LogP contribution in [0.4, 0.5) is 16.2 Å². The van der Waals surface area contributed by atoms with Crippen LogP contribution in [-0.2, 0) is 4.79 Å². The van der Waals surface area contributed by atoms with Crippen molar-refractivity contribution in [2.24, 2.45) is 0 Å². The van der Waals surface area contributed by atoms with Gasteiger partial charge in [-0.15, -0.1) is 0 Å². The summed E-state index contributed by atoms with van der Waals surface area (Å²) in [6.07, 6.45) is 1.63. The molecular formula is C22H18ClN3O4. The number of rotatable bonds is 6. The smallest absolute Gasteiger partial charge is 0.409 e. The zero-order chi connectivity index (χ0) is 21.7. The average molecular weight is 424 g/mol. The number of anilines is 2. The van der Waals surface area contributed by atoms with Gasteiger partial charge in [-0.2, -0.15) is 0 Å². The highest BCUT2D eigenvalue weighted by atomic mass is 35.5. The van der Waals surface area contributed by atoms with Crippen molar-refractivity contribution in [3.05, 3.63) is 77.1 Å². The molecule has 1 heterocycles. The van der Waals surface area contributed by atoms with Crippen LogP contribution in [0.5, 0.6) is 0 Å². The maximum atomic E-state index is 12.6. The molecule has 0 unspecified atom stereocenters. The van der Waals surface area contributed by atoms with Crippen LogP contribution in [0.3, 0.4) is 0 Å². The molecule has 0 spiro atoms. The summed E-state index contributed by atoms with van der Waals surface area (Å²) in [7, 11) is 0. The molecule has 0 saturated carbocycles. The Morgan fingerprint density at radius 1 is 0.967 bits per heavy atom. The molecule has 2 amide bonds. The first-order chi connectivity index (χ1) is 14.3. The fourth-order valence-electron chi connectivity index (χ4n) is 2.86. The summed E-state index contributed by atoms with van der Waals surface area (Å²) in [5.74, 6) is -0.947. The summed E-state index contributed by atoms with van der Waals surface area (Å²) < 4.78 is 0. The van der Waals surface area contributed by atoms with Crippen LogP contribution in [0.15, 0.2) is 60.9 Å². The van der Waals surface area contributed by atoms with Crippen molar-refractivity contribution >= 4 is 40.8 Å². The van der Waals surface area contributed by atoms with E-state index >= 15 is 0 Å². The van der Waals surface area contributed by atoms with Crippen molar-refractivity contribution in [2.75, 3.05) is 10.6 Å². The number of Topliss-reactive ketones (excluding diaryl/α,β-unsaturated/α-hetero) is 1. The maximum Gasteiger partial charge on any atom is 0.409 e. The van der Waals surface area contributed by atoms with Gasteiger partial charge in [0.1, 0.15) is 0 Å². The number of halogens is 1. The molecule has 0 fully saturated rings. The molecular weight excluding hydrogens is 406 g/mol. The lowest BCUT2D eigenvalue weighted by Gasteiger charge is -2.13. The number of pyridine rings is 1. The number of carboxylic acid groups (broad SMARTS) is 1. The zero-order valence-corrected chi connectivity index (χ0v) is 16.7. The molecule has 0 bridgehead atoms. The summed E-state index contributed by atoms with van der Waals surface area (Å²) in [6.45, 7) is 1.71. The lowest BCUT2D eigenvalue weighted by molar-refractivity contribution is -0.115. The van der Waals surface area contributed by atoms with Crippen LogP contribution in [-0.4, -0.2) is 27.9 Å². The van der Waals surface area contributed by atoms with Gasteiger partial charge in [0.25, 0.3) is 0 Å². The second-order valence-electron chi connectivity index (χ2n) is 6.54. The van der Waals surface area contributed by atoms with Gasteiger partial charge >= 0.3 is 6.09 Å². The van der Waals surface area contributed by atoms with E-state index in [9.17, 15) is 14.4 Å². The molecule has 0 aliphatic rings. The van der Waals surface area contributed by atoms with E-state index in [1.54, 1.807) is 37.5 Å². The number of nitrogens with zero attached hydrogens (tertiary/aromatic N) is 1. The molecule has 152 valence electrons. The summed E-state index contributed by atoms with van der Waals surface area (Å²) >= 11 is 6.09. The second-order valence-corrected chi connectivity index (χ2v) is 6.95. The van der Waals surface area contributed by atoms with E-state index in [0.717, 1.165) is 11.1 Å². The van der Waals surface area contributed by atoms with Gasteiger partial charge in [-0.05, 0) is 53.9 Å². The Hall–Kier alpha value is -3.71. The van der Waals surface area contributed by atoms with E-state index in [2.05, 4.69) is 15.6 Å². The molecule has 0 saturated heterocycles. The van der Waals surface area contributed by atoms with Crippen LogP contribution >= 0.6 is 11.6 Å². The van der Waals surface area contributed by atoms with E-state index in [0.29, 0.717) is 16.1 Å². The minimum absolute atomic E-state index is 0.171. The predicted molar refractivity (Wildman–Crippen MR) is 115 cm³/mol. The van der Waals surface area contributed by atoms with Gasteiger partial charge in [-0.1, -0.05) is 29.8 Å². The third-order valence-electron chi connectivity index (χ3n) is 4.33. The first-order valence-electron chi connectivity index (χ1n) is 8.97. The minimum atomic E-state index is -1.28. The van der Waals surface area contributed by atoms with Gasteiger partial charge in [0, 0.05) is 23.0 Å². The summed E-state index contributed by atoms with van der Waals surface area (Å²) in [4.78, 5) is 40.0. The third kappa shape index (κ3) is 5.21. The Kier molecular flexibility index (Phi) is 6.44. The SMILES string of the molecule is Cc1cc(NC(=O)O)c(NC(=O)CC(=O)c2cccc(-c3ccncc3)c2)cc1Cl. The van der Waals surface area contributed by atoms with Crippen LogP contribution < -0.4 is 10.6 Å². The number of hydrogen-bond acceptors (Lipinski definition) is 4. The molecule has 7 nitrogen and oxygen atoms in total. The van der Waals surface area contributed by atoms with Crippen molar-refractivity contribution in [1.82, 2.24) is 4.98 Å². The molecule has 0 aliphatic heterocycles. The van der Waals surface area contributed by atoms with E-state index in [-0.39, 0.29) is 17.2 Å². The van der Waals surface area contributed by atoms with Crippen LogP contribution in [0, 0.1) is 6.92 Å². The van der Waals surface area contributed by atoms with E-state index < -0.39 is 18.4 Å². The van der Waals surface area contributed by atoms with E-state index in [4.69, 9.17) is 16.7 Å². The molecule has 0 aliphatic carbocycles. The molecule has 30 heavy (non-hydrogen) atoms. The minimum Gasteiger partial charge on any atom is -0.465 e. The molecule has 8 heteroatoms. The van der Waals surface area contributed by atoms with Gasteiger partial charge in [-0.25, -0.2) is 4.79 Å². The number of carbonyl (C=O) groups is 3. The van der Waals surface area contributed by atoms with Crippen molar-refractivity contribution < 1.29 is 19.5 Å². The average Bonchev–Trinajstić information content (AvgIpc) is 2.72. The number of amides is 2.